The summed E-state index contributed by atoms with van der Waals surface area (Å²) < 4.78 is 0. The van der Waals surface area contributed by atoms with Gasteiger partial charge in [0.25, 0.3) is 0 Å². The summed E-state index contributed by atoms with van der Waals surface area (Å²) >= 11 is 6.03. The summed E-state index contributed by atoms with van der Waals surface area (Å²) in [5, 5.41) is 0.141. The zero-order valence-corrected chi connectivity index (χ0v) is 9.92. The van der Waals surface area contributed by atoms with Crippen LogP contribution < -0.4 is 4.90 Å². The van der Waals surface area contributed by atoms with Gasteiger partial charge in [-0.3, -0.25) is 0 Å². The van der Waals surface area contributed by atoms with Crippen molar-refractivity contribution in [1.82, 2.24) is 4.98 Å². The lowest BCUT2D eigenvalue weighted by atomic mass is 10.0. The standard InChI is InChI=1S/C11H17ClN2/c1-8(9(2)12)10-5-6-11(13-7-10)14(3)4/h5-9H,1-4H3. The van der Waals surface area contributed by atoms with Crippen LogP contribution in [0.3, 0.4) is 0 Å². The normalized spacial score (nSPS) is 14.9. The minimum absolute atomic E-state index is 0.141. The molecule has 0 fully saturated rings. The van der Waals surface area contributed by atoms with Crippen molar-refractivity contribution in [3.8, 4) is 0 Å². The number of anilines is 1. The van der Waals surface area contributed by atoms with Gasteiger partial charge < -0.3 is 4.90 Å². The Hall–Kier alpha value is -0.760. The van der Waals surface area contributed by atoms with Gasteiger partial charge in [0.2, 0.25) is 0 Å². The van der Waals surface area contributed by atoms with Crippen LogP contribution in [0.1, 0.15) is 25.3 Å². The summed E-state index contributed by atoms with van der Waals surface area (Å²) in [7, 11) is 3.96. The van der Waals surface area contributed by atoms with Gasteiger partial charge in [-0.2, -0.15) is 0 Å². The molecule has 0 amide bonds. The van der Waals surface area contributed by atoms with Crippen LogP contribution in [0, 0.1) is 0 Å². The predicted molar refractivity (Wildman–Crippen MR) is 62.3 cm³/mol. The Morgan fingerprint density at radius 2 is 1.93 bits per heavy atom. The van der Waals surface area contributed by atoms with Crippen molar-refractivity contribution in [2.45, 2.75) is 25.1 Å². The van der Waals surface area contributed by atoms with Crippen molar-refractivity contribution in [2.24, 2.45) is 0 Å². The molecule has 0 spiro atoms. The van der Waals surface area contributed by atoms with Crippen LogP contribution in [0.25, 0.3) is 0 Å². The number of rotatable bonds is 3. The largest absolute Gasteiger partial charge is 0.363 e. The number of alkyl halides is 1. The van der Waals surface area contributed by atoms with Gasteiger partial charge in [-0.15, -0.1) is 11.6 Å². The SMILES string of the molecule is CC(Cl)C(C)c1ccc(N(C)C)nc1. The first kappa shape index (κ1) is 11.3. The summed E-state index contributed by atoms with van der Waals surface area (Å²) in [6, 6.07) is 4.11. The number of hydrogen-bond donors (Lipinski definition) is 0. The number of aromatic nitrogens is 1. The molecular formula is C11H17ClN2. The fourth-order valence-electron chi connectivity index (χ4n) is 1.20. The first-order valence-electron chi connectivity index (χ1n) is 4.79. The lowest BCUT2D eigenvalue weighted by Gasteiger charge is -2.16. The minimum Gasteiger partial charge on any atom is -0.363 e. The molecular weight excluding hydrogens is 196 g/mol. The predicted octanol–water partition coefficient (Wildman–Crippen LogP) is 2.88. The second-order valence-electron chi connectivity index (χ2n) is 3.81. The second kappa shape index (κ2) is 4.65. The van der Waals surface area contributed by atoms with Crippen molar-refractivity contribution in [1.29, 1.82) is 0 Å². The van der Waals surface area contributed by atoms with E-state index in [-0.39, 0.29) is 5.38 Å². The summed E-state index contributed by atoms with van der Waals surface area (Å²) in [4.78, 5) is 6.33. The zero-order chi connectivity index (χ0) is 10.7. The molecule has 1 rings (SSSR count). The van der Waals surface area contributed by atoms with Crippen LogP contribution in [-0.4, -0.2) is 24.5 Å². The fraction of sp³-hybridized carbons (Fsp3) is 0.545. The van der Waals surface area contributed by atoms with Gasteiger partial charge in [-0.1, -0.05) is 13.0 Å². The van der Waals surface area contributed by atoms with E-state index in [4.69, 9.17) is 11.6 Å². The Kier molecular flexibility index (Phi) is 3.76. The Bertz CT molecular complexity index is 280. The van der Waals surface area contributed by atoms with Crippen LogP contribution >= 0.6 is 11.6 Å². The monoisotopic (exact) mass is 212 g/mol. The zero-order valence-electron chi connectivity index (χ0n) is 9.16. The molecule has 1 heterocycles. The molecule has 78 valence electrons. The van der Waals surface area contributed by atoms with E-state index >= 15 is 0 Å². The Labute approximate surface area is 90.9 Å². The average Bonchev–Trinajstić information content (AvgIpc) is 2.16. The molecule has 0 bridgehead atoms. The van der Waals surface area contributed by atoms with E-state index < -0.39 is 0 Å². The third-order valence-corrected chi connectivity index (χ3v) is 2.82. The van der Waals surface area contributed by atoms with Crippen molar-refractivity contribution in [3.63, 3.8) is 0 Å². The molecule has 14 heavy (non-hydrogen) atoms. The molecule has 1 aromatic rings. The quantitative estimate of drug-likeness (QED) is 0.717. The van der Waals surface area contributed by atoms with Crippen LogP contribution in [0.15, 0.2) is 18.3 Å². The van der Waals surface area contributed by atoms with E-state index in [0.29, 0.717) is 5.92 Å². The highest BCUT2D eigenvalue weighted by Crippen LogP contribution is 2.23. The molecule has 0 N–H and O–H groups in total. The maximum absolute atomic E-state index is 6.03. The molecule has 0 aromatic carbocycles. The first-order chi connectivity index (χ1) is 6.52. The number of halogens is 1. The summed E-state index contributed by atoms with van der Waals surface area (Å²) in [6.07, 6.45) is 1.90. The van der Waals surface area contributed by atoms with Crippen molar-refractivity contribution in [3.05, 3.63) is 23.9 Å². The van der Waals surface area contributed by atoms with Crippen LogP contribution in [0.2, 0.25) is 0 Å². The third-order valence-electron chi connectivity index (χ3n) is 2.44. The smallest absolute Gasteiger partial charge is 0.127 e. The van der Waals surface area contributed by atoms with Gasteiger partial charge in [0.05, 0.1) is 0 Å². The highest BCUT2D eigenvalue weighted by Gasteiger charge is 2.11. The van der Waals surface area contributed by atoms with Gasteiger partial charge in [0.15, 0.2) is 0 Å². The van der Waals surface area contributed by atoms with Gasteiger partial charge in [0, 0.05) is 25.7 Å². The topological polar surface area (TPSA) is 16.1 Å². The van der Waals surface area contributed by atoms with Gasteiger partial charge >= 0.3 is 0 Å². The Morgan fingerprint density at radius 1 is 1.29 bits per heavy atom. The Balaban J connectivity index is 2.83. The van der Waals surface area contributed by atoms with Gasteiger partial charge in [0.1, 0.15) is 5.82 Å². The summed E-state index contributed by atoms with van der Waals surface area (Å²) in [6.45, 7) is 4.12. The molecule has 2 unspecified atom stereocenters. The number of pyridine rings is 1. The molecule has 0 aliphatic heterocycles. The van der Waals surface area contributed by atoms with Gasteiger partial charge in [-0.25, -0.2) is 4.98 Å². The highest BCUT2D eigenvalue weighted by molar-refractivity contribution is 6.20. The van der Waals surface area contributed by atoms with E-state index in [1.54, 1.807) is 0 Å². The van der Waals surface area contributed by atoms with Crippen molar-refractivity contribution < 1.29 is 0 Å². The van der Waals surface area contributed by atoms with Gasteiger partial charge in [-0.05, 0) is 24.5 Å². The van der Waals surface area contributed by atoms with E-state index in [9.17, 15) is 0 Å². The van der Waals surface area contributed by atoms with E-state index in [2.05, 4.69) is 18.0 Å². The molecule has 2 atom stereocenters. The second-order valence-corrected chi connectivity index (χ2v) is 4.50. The summed E-state index contributed by atoms with van der Waals surface area (Å²) in [5.74, 6) is 1.32. The lowest BCUT2D eigenvalue weighted by molar-refractivity contribution is 0.738. The third kappa shape index (κ3) is 2.61. The highest BCUT2D eigenvalue weighted by atomic mass is 35.5. The number of nitrogens with zero attached hydrogens (tertiary/aromatic N) is 2. The Morgan fingerprint density at radius 3 is 2.29 bits per heavy atom. The molecule has 0 saturated carbocycles. The fourth-order valence-corrected chi connectivity index (χ4v) is 1.34. The van der Waals surface area contributed by atoms with E-state index in [1.165, 1.54) is 5.56 Å². The van der Waals surface area contributed by atoms with Crippen LogP contribution in [0.4, 0.5) is 5.82 Å². The molecule has 0 aliphatic carbocycles. The van der Waals surface area contributed by atoms with Crippen LogP contribution in [0.5, 0.6) is 0 Å². The average molecular weight is 213 g/mol. The van der Waals surface area contributed by atoms with Crippen molar-refractivity contribution >= 4 is 17.4 Å². The van der Waals surface area contributed by atoms with Crippen LogP contribution in [-0.2, 0) is 0 Å². The van der Waals surface area contributed by atoms with Crippen molar-refractivity contribution in [2.75, 3.05) is 19.0 Å². The molecule has 0 saturated heterocycles. The molecule has 2 nitrogen and oxygen atoms in total. The maximum atomic E-state index is 6.03. The number of hydrogen-bond acceptors (Lipinski definition) is 2. The first-order valence-corrected chi connectivity index (χ1v) is 5.23. The lowest BCUT2D eigenvalue weighted by Crippen LogP contribution is -2.11. The van der Waals surface area contributed by atoms with E-state index in [1.807, 2.05) is 38.2 Å². The molecule has 0 radical (unpaired) electrons. The van der Waals surface area contributed by atoms with E-state index in [0.717, 1.165) is 5.82 Å². The summed E-state index contributed by atoms with van der Waals surface area (Å²) in [5.41, 5.74) is 1.19. The molecule has 3 heteroatoms. The molecule has 1 aromatic heterocycles. The maximum Gasteiger partial charge on any atom is 0.127 e. The minimum atomic E-state index is 0.141. The molecule has 0 aliphatic rings.